The van der Waals surface area contributed by atoms with Gasteiger partial charge in [-0.25, -0.2) is 4.39 Å². The Labute approximate surface area is 79.4 Å². The van der Waals surface area contributed by atoms with E-state index >= 15 is 0 Å². The Morgan fingerprint density at radius 1 is 1.23 bits per heavy atom. The zero-order chi connectivity index (χ0) is 9.10. The van der Waals surface area contributed by atoms with Crippen molar-refractivity contribution in [3.8, 4) is 0 Å². The summed E-state index contributed by atoms with van der Waals surface area (Å²) in [6, 6.07) is 7.01. The molecule has 0 atom stereocenters. The Hall–Kier alpha value is -0.785. The second kappa shape index (κ2) is 3.95. The molecule has 0 unspecified atom stereocenters. The molecule has 0 nitrogen and oxygen atoms in total. The third kappa shape index (κ3) is 2.33. The minimum Gasteiger partial charge on any atom is -0.207 e. The zero-order valence-corrected chi connectivity index (χ0v) is 7.80. The number of hydrogen-bond donors (Lipinski definition) is 0. The molecule has 0 radical (unpaired) electrons. The van der Waals surface area contributed by atoms with E-state index in [-0.39, 0.29) is 5.82 Å². The van der Waals surface area contributed by atoms with Crippen LogP contribution in [0.1, 0.15) is 25.7 Å². The average Bonchev–Trinajstić information content (AvgIpc) is 2.57. The Balaban J connectivity index is 2.00. The fourth-order valence-corrected chi connectivity index (χ4v) is 2.21. The van der Waals surface area contributed by atoms with E-state index in [9.17, 15) is 4.39 Å². The molecule has 13 heavy (non-hydrogen) atoms. The molecule has 1 aliphatic rings. The number of hydrogen-bond acceptors (Lipinski definition) is 0. The van der Waals surface area contributed by atoms with Gasteiger partial charge in [-0.15, -0.1) is 0 Å². The van der Waals surface area contributed by atoms with Gasteiger partial charge in [0, 0.05) is 0 Å². The fraction of sp³-hybridized carbons (Fsp3) is 0.455. The van der Waals surface area contributed by atoms with Crippen molar-refractivity contribution in [1.82, 2.24) is 0 Å². The van der Waals surface area contributed by atoms with Crippen LogP contribution in [0.4, 0.5) is 4.39 Å². The largest absolute Gasteiger partial charge is 0.207 e. The first-order chi connectivity index (χ1) is 6.34. The maximum atomic E-state index is 12.8. The Kier molecular flexibility index (Phi) is 2.67. The van der Waals surface area contributed by atoms with Gasteiger partial charge in [-0.05, 0) is 12.1 Å². The van der Waals surface area contributed by atoms with Crippen molar-refractivity contribution in [3.05, 3.63) is 30.1 Å². The van der Waals surface area contributed by atoms with Crippen molar-refractivity contribution in [2.45, 2.75) is 31.5 Å². The number of benzene rings is 1. The third-order valence-corrected chi connectivity index (χ3v) is 2.89. The zero-order valence-electron chi connectivity index (χ0n) is 7.80. The quantitative estimate of drug-likeness (QED) is 0.606. The van der Waals surface area contributed by atoms with Crippen molar-refractivity contribution in [2.24, 2.45) is 0 Å². The topological polar surface area (TPSA) is 0 Å². The highest BCUT2D eigenvalue weighted by Crippen LogP contribution is 2.28. The molecular formula is C11H14BF. The molecule has 2 rings (SSSR count). The van der Waals surface area contributed by atoms with Crippen molar-refractivity contribution in [3.63, 3.8) is 0 Å². The van der Waals surface area contributed by atoms with E-state index in [1.807, 2.05) is 6.07 Å². The van der Waals surface area contributed by atoms with Crippen LogP contribution in [0.2, 0.25) is 5.82 Å². The van der Waals surface area contributed by atoms with Crippen molar-refractivity contribution < 1.29 is 4.39 Å². The normalized spacial score (nSPS) is 17.6. The van der Waals surface area contributed by atoms with E-state index < -0.39 is 0 Å². The lowest BCUT2D eigenvalue weighted by atomic mass is 9.58. The molecule has 68 valence electrons. The van der Waals surface area contributed by atoms with Crippen LogP contribution in [0.25, 0.3) is 0 Å². The highest BCUT2D eigenvalue weighted by Gasteiger charge is 2.16. The minimum absolute atomic E-state index is 0.101. The summed E-state index contributed by atoms with van der Waals surface area (Å²) >= 11 is 0. The lowest BCUT2D eigenvalue weighted by Crippen LogP contribution is -2.18. The van der Waals surface area contributed by atoms with Gasteiger partial charge in [0.05, 0.1) is 0 Å². The van der Waals surface area contributed by atoms with Crippen LogP contribution in [0.15, 0.2) is 24.3 Å². The van der Waals surface area contributed by atoms with Crippen LogP contribution < -0.4 is 5.46 Å². The molecule has 0 heterocycles. The van der Waals surface area contributed by atoms with E-state index in [1.54, 1.807) is 12.1 Å². The van der Waals surface area contributed by atoms with Gasteiger partial charge in [-0.3, -0.25) is 0 Å². The summed E-state index contributed by atoms with van der Waals surface area (Å²) < 4.78 is 12.8. The predicted molar refractivity (Wildman–Crippen MR) is 55.4 cm³/mol. The SMILES string of the molecule is Fc1cccc(BC2CCCC2)c1. The van der Waals surface area contributed by atoms with Gasteiger partial charge in [0.15, 0.2) is 7.28 Å². The number of halogens is 1. The van der Waals surface area contributed by atoms with E-state index in [0.29, 0.717) is 0 Å². The summed E-state index contributed by atoms with van der Waals surface area (Å²) in [5, 5.41) is 0. The Bertz CT molecular complexity index is 279. The fourth-order valence-electron chi connectivity index (χ4n) is 2.21. The molecule has 0 spiro atoms. The minimum atomic E-state index is -0.101. The molecule has 1 aromatic carbocycles. The lowest BCUT2D eigenvalue weighted by molar-refractivity contribution is 0.629. The molecular weight excluding hydrogens is 162 g/mol. The Morgan fingerprint density at radius 2 is 2.00 bits per heavy atom. The first kappa shape index (κ1) is 8.80. The highest BCUT2D eigenvalue weighted by molar-refractivity contribution is 6.55. The van der Waals surface area contributed by atoms with E-state index in [1.165, 1.54) is 31.7 Å². The molecule has 0 saturated heterocycles. The van der Waals surface area contributed by atoms with E-state index in [2.05, 4.69) is 0 Å². The molecule has 0 bridgehead atoms. The molecule has 1 saturated carbocycles. The smallest absolute Gasteiger partial charge is 0.161 e. The van der Waals surface area contributed by atoms with E-state index in [4.69, 9.17) is 0 Å². The van der Waals surface area contributed by atoms with Crippen LogP contribution in [0.3, 0.4) is 0 Å². The van der Waals surface area contributed by atoms with Gasteiger partial charge in [-0.1, -0.05) is 49.1 Å². The van der Waals surface area contributed by atoms with Gasteiger partial charge < -0.3 is 0 Å². The lowest BCUT2D eigenvalue weighted by Gasteiger charge is -2.06. The van der Waals surface area contributed by atoms with Crippen molar-refractivity contribution in [1.29, 1.82) is 0 Å². The molecule has 0 aliphatic heterocycles. The summed E-state index contributed by atoms with van der Waals surface area (Å²) in [4.78, 5) is 0. The van der Waals surface area contributed by atoms with Gasteiger partial charge >= 0.3 is 0 Å². The molecule has 0 aromatic heterocycles. The Morgan fingerprint density at radius 3 is 2.69 bits per heavy atom. The molecule has 1 fully saturated rings. The van der Waals surface area contributed by atoms with Crippen LogP contribution in [0, 0.1) is 5.82 Å². The summed E-state index contributed by atoms with van der Waals surface area (Å²) in [5.41, 5.74) is 1.16. The summed E-state index contributed by atoms with van der Waals surface area (Å²) in [6.07, 6.45) is 5.38. The summed E-state index contributed by atoms with van der Waals surface area (Å²) in [5.74, 6) is 0.706. The number of rotatable bonds is 2. The van der Waals surface area contributed by atoms with Crippen LogP contribution >= 0.6 is 0 Å². The summed E-state index contributed by atoms with van der Waals surface area (Å²) in [7, 11) is 1.07. The van der Waals surface area contributed by atoms with Crippen LogP contribution in [0.5, 0.6) is 0 Å². The second-order valence-electron chi connectivity index (χ2n) is 3.98. The molecule has 0 N–H and O–H groups in total. The van der Waals surface area contributed by atoms with Crippen molar-refractivity contribution in [2.75, 3.05) is 0 Å². The maximum absolute atomic E-state index is 12.8. The molecule has 0 amide bonds. The summed E-state index contributed by atoms with van der Waals surface area (Å²) in [6.45, 7) is 0. The van der Waals surface area contributed by atoms with Crippen molar-refractivity contribution >= 4 is 12.7 Å². The average molecular weight is 176 g/mol. The third-order valence-electron chi connectivity index (χ3n) is 2.89. The second-order valence-corrected chi connectivity index (χ2v) is 3.98. The molecule has 2 heteroatoms. The van der Waals surface area contributed by atoms with Gasteiger partial charge in [-0.2, -0.15) is 0 Å². The standard InChI is InChI=1S/C11H14BF/c13-11-7-3-6-10(8-11)12-9-4-1-2-5-9/h3,6-9,12H,1-2,4-5H2. The molecule has 1 aliphatic carbocycles. The van der Waals surface area contributed by atoms with Crippen LogP contribution in [-0.4, -0.2) is 7.28 Å². The van der Waals surface area contributed by atoms with E-state index in [0.717, 1.165) is 18.6 Å². The van der Waals surface area contributed by atoms with Gasteiger partial charge in [0.2, 0.25) is 0 Å². The van der Waals surface area contributed by atoms with Gasteiger partial charge in [0.25, 0.3) is 0 Å². The first-order valence-corrected chi connectivity index (χ1v) is 5.09. The molecule has 1 aromatic rings. The monoisotopic (exact) mass is 176 g/mol. The van der Waals surface area contributed by atoms with Gasteiger partial charge in [0.1, 0.15) is 5.82 Å². The predicted octanol–water partition coefficient (Wildman–Crippen LogP) is 2.25. The maximum Gasteiger partial charge on any atom is 0.161 e. The first-order valence-electron chi connectivity index (χ1n) is 5.09. The van der Waals surface area contributed by atoms with Crippen LogP contribution in [-0.2, 0) is 0 Å². The highest BCUT2D eigenvalue weighted by atomic mass is 19.1.